The number of benzene rings is 1. The van der Waals surface area contributed by atoms with Gasteiger partial charge in [0.25, 0.3) is 0 Å². The lowest BCUT2D eigenvalue weighted by Crippen LogP contribution is -2.47. The lowest BCUT2D eigenvalue weighted by molar-refractivity contribution is -0.151. The normalized spacial score (nSPS) is 24.2. The zero-order chi connectivity index (χ0) is 22.3. The highest BCUT2D eigenvalue weighted by Crippen LogP contribution is 2.46. The van der Waals surface area contributed by atoms with Crippen molar-refractivity contribution < 1.29 is 14.7 Å². The van der Waals surface area contributed by atoms with Crippen molar-refractivity contribution in [2.24, 2.45) is 23.7 Å². The van der Waals surface area contributed by atoms with E-state index in [-0.39, 0.29) is 17.7 Å². The fraction of sp³-hybridized carbons (Fsp3) is 0.400. The summed E-state index contributed by atoms with van der Waals surface area (Å²) in [5, 5.41) is 23.1. The van der Waals surface area contributed by atoms with Crippen LogP contribution in [0.25, 0.3) is 11.1 Å². The van der Waals surface area contributed by atoms with Crippen LogP contribution >= 0.6 is 11.3 Å². The number of rotatable bonds is 5. The molecule has 1 aromatic carbocycles. The molecule has 0 aliphatic heterocycles. The Morgan fingerprint density at radius 1 is 1.13 bits per heavy atom. The minimum atomic E-state index is -0.923. The third-order valence-corrected chi connectivity index (χ3v) is 7.66. The predicted octanol–water partition coefficient (Wildman–Crippen LogP) is 5.57. The summed E-state index contributed by atoms with van der Waals surface area (Å²) < 4.78 is 0. The smallest absolute Gasteiger partial charge is 0.307 e. The molecule has 5 nitrogen and oxygen atoms in total. The van der Waals surface area contributed by atoms with E-state index in [0.29, 0.717) is 16.5 Å². The van der Waals surface area contributed by atoms with E-state index in [9.17, 15) is 20.0 Å². The van der Waals surface area contributed by atoms with Gasteiger partial charge in [-0.05, 0) is 48.6 Å². The van der Waals surface area contributed by atoms with E-state index in [1.54, 1.807) is 0 Å². The monoisotopic (exact) mass is 434 g/mol. The van der Waals surface area contributed by atoms with Gasteiger partial charge in [0.05, 0.1) is 17.4 Å². The highest BCUT2D eigenvalue weighted by Gasteiger charge is 2.48. The number of allylic oxidation sites excluding steroid dienone is 2. The van der Waals surface area contributed by atoms with Crippen LogP contribution in [0.2, 0.25) is 0 Å². The molecule has 1 heterocycles. The maximum Gasteiger partial charge on any atom is 0.307 e. The highest BCUT2D eigenvalue weighted by atomic mass is 32.1. The Hall–Kier alpha value is -2.91. The second-order valence-electron chi connectivity index (χ2n) is 8.79. The largest absolute Gasteiger partial charge is 0.481 e. The fourth-order valence-electron chi connectivity index (χ4n) is 5.01. The predicted molar refractivity (Wildman–Crippen MR) is 122 cm³/mol. The van der Waals surface area contributed by atoms with Gasteiger partial charge in [0.1, 0.15) is 11.1 Å². The Morgan fingerprint density at radius 3 is 2.26 bits per heavy atom. The van der Waals surface area contributed by atoms with Crippen LogP contribution in [-0.4, -0.2) is 17.0 Å². The summed E-state index contributed by atoms with van der Waals surface area (Å²) in [6, 6.07) is 10.4. The van der Waals surface area contributed by atoms with Crippen molar-refractivity contribution in [3.63, 3.8) is 0 Å². The number of thiophene rings is 1. The van der Waals surface area contributed by atoms with E-state index < -0.39 is 17.8 Å². The number of nitrogens with one attached hydrogen (secondary N) is 1. The second kappa shape index (κ2) is 8.32. The van der Waals surface area contributed by atoms with Crippen molar-refractivity contribution in [3.8, 4) is 17.2 Å². The summed E-state index contributed by atoms with van der Waals surface area (Å²) in [7, 11) is 0. The van der Waals surface area contributed by atoms with Crippen LogP contribution < -0.4 is 5.32 Å². The molecule has 0 radical (unpaired) electrons. The zero-order valence-corrected chi connectivity index (χ0v) is 18.7. The Labute approximate surface area is 186 Å². The van der Waals surface area contributed by atoms with Gasteiger partial charge in [0.2, 0.25) is 5.91 Å². The third kappa shape index (κ3) is 3.79. The number of hydrogen-bond acceptors (Lipinski definition) is 4. The van der Waals surface area contributed by atoms with Gasteiger partial charge >= 0.3 is 5.97 Å². The number of nitriles is 1. The van der Waals surface area contributed by atoms with Gasteiger partial charge in [-0.25, -0.2) is 0 Å². The summed E-state index contributed by atoms with van der Waals surface area (Å²) >= 11 is 1.37. The number of aliphatic carboxylic acids is 1. The molecule has 2 bridgehead atoms. The van der Waals surface area contributed by atoms with E-state index in [0.717, 1.165) is 28.8 Å². The number of aryl methyl sites for hydroxylation is 1. The number of carbonyl (C=O) groups excluding carboxylic acids is 1. The number of hydrogen-bond donors (Lipinski definition) is 2. The molecule has 2 N–H and O–H groups in total. The third-order valence-electron chi connectivity index (χ3n) is 6.64. The molecular formula is C25H26N2O3S. The van der Waals surface area contributed by atoms with Gasteiger partial charge in [-0.2, -0.15) is 5.26 Å². The maximum atomic E-state index is 13.2. The molecule has 1 amide bonds. The van der Waals surface area contributed by atoms with Crippen LogP contribution in [-0.2, 0) is 9.59 Å². The molecular weight excluding hydrogens is 408 g/mol. The summed E-state index contributed by atoms with van der Waals surface area (Å²) in [6.45, 7) is 6.21. The van der Waals surface area contributed by atoms with E-state index in [4.69, 9.17) is 0 Å². The van der Waals surface area contributed by atoms with Gasteiger partial charge < -0.3 is 10.4 Å². The summed E-state index contributed by atoms with van der Waals surface area (Å²) in [4.78, 5) is 26.0. The molecule has 2 aromatic rings. The molecule has 5 rings (SSSR count). The highest BCUT2D eigenvalue weighted by molar-refractivity contribution is 7.17. The van der Waals surface area contributed by atoms with Crippen LogP contribution in [0.15, 0.2) is 36.4 Å². The first-order chi connectivity index (χ1) is 14.8. The van der Waals surface area contributed by atoms with Crippen molar-refractivity contribution in [1.29, 1.82) is 5.26 Å². The topological polar surface area (TPSA) is 90.2 Å². The SMILES string of the molecule is Cc1sc(NC(=O)[C@H]2[C@H](C(=O)O)[C@H]3C=C[C@H]2CC3)c(C#N)c1-c1ccc(C(C)C)cc1. The van der Waals surface area contributed by atoms with Gasteiger partial charge in [-0.15, -0.1) is 11.3 Å². The molecule has 6 heteroatoms. The first-order valence-corrected chi connectivity index (χ1v) is 11.5. The Bertz CT molecular complexity index is 1090. The maximum absolute atomic E-state index is 13.2. The lowest BCUT2D eigenvalue weighted by atomic mass is 9.62. The molecule has 3 aliphatic rings. The van der Waals surface area contributed by atoms with Crippen molar-refractivity contribution in [3.05, 3.63) is 52.4 Å². The Balaban J connectivity index is 1.64. The molecule has 4 atom stereocenters. The molecule has 31 heavy (non-hydrogen) atoms. The van der Waals surface area contributed by atoms with Crippen molar-refractivity contribution in [2.45, 2.75) is 39.5 Å². The molecule has 1 saturated carbocycles. The molecule has 160 valence electrons. The van der Waals surface area contributed by atoms with E-state index >= 15 is 0 Å². The minimum Gasteiger partial charge on any atom is -0.481 e. The summed E-state index contributed by atoms with van der Waals surface area (Å²) in [5.41, 5.74) is 3.44. The standard InChI is InChI=1S/C25H26N2O3S/c1-13(2)15-4-6-16(7-5-15)20-14(3)31-24(19(20)12-26)27-23(28)21-17-8-10-18(11-9-17)22(21)25(29)30/h4-8,10,13,17-18,21-22H,9,11H2,1-3H3,(H,27,28)(H,29,30)/t17-,18-,21+,22+/m0/s1. The van der Waals surface area contributed by atoms with Gasteiger partial charge in [-0.1, -0.05) is 50.3 Å². The minimum absolute atomic E-state index is 0.0688. The van der Waals surface area contributed by atoms with E-state index in [2.05, 4.69) is 37.4 Å². The zero-order valence-electron chi connectivity index (χ0n) is 17.9. The Morgan fingerprint density at radius 2 is 1.74 bits per heavy atom. The van der Waals surface area contributed by atoms with Gasteiger partial charge in [-0.3, -0.25) is 9.59 Å². The van der Waals surface area contributed by atoms with Gasteiger partial charge in [0, 0.05) is 10.4 Å². The summed E-state index contributed by atoms with van der Waals surface area (Å²) in [5.74, 6) is -2.29. The van der Waals surface area contributed by atoms with Crippen LogP contribution in [0.1, 0.15) is 48.6 Å². The molecule has 1 aromatic heterocycles. The molecule has 0 unspecified atom stereocenters. The van der Waals surface area contributed by atoms with Crippen LogP contribution in [0.4, 0.5) is 5.00 Å². The number of fused-ring (bicyclic) bond motifs is 2. The van der Waals surface area contributed by atoms with Gasteiger partial charge in [0.15, 0.2) is 0 Å². The summed E-state index contributed by atoms with van der Waals surface area (Å²) in [6.07, 6.45) is 5.57. The Kier molecular flexibility index (Phi) is 5.72. The van der Waals surface area contributed by atoms with Crippen LogP contribution in [0.5, 0.6) is 0 Å². The molecule has 0 spiro atoms. The van der Waals surface area contributed by atoms with Crippen LogP contribution in [0.3, 0.4) is 0 Å². The average molecular weight is 435 g/mol. The van der Waals surface area contributed by atoms with Crippen molar-refractivity contribution >= 4 is 28.2 Å². The molecule has 1 fully saturated rings. The number of anilines is 1. The van der Waals surface area contributed by atoms with E-state index in [1.807, 2.05) is 31.2 Å². The second-order valence-corrected chi connectivity index (χ2v) is 10.0. The number of carboxylic acid groups (broad SMARTS) is 1. The molecule has 3 aliphatic carbocycles. The van der Waals surface area contributed by atoms with Crippen molar-refractivity contribution in [1.82, 2.24) is 0 Å². The number of carboxylic acids is 1. The van der Waals surface area contributed by atoms with Crippen LogP contribution in [0, 0.1) is 41.9 Å². The quantitative estimate of drug-likeness (QED) is 0.602. The number of amides is 1. The number of nitrogens with zero attached hydrogens (tertiary/aromatic N) is 1. The fourth-order valence-corrected chi connectivity index (χ4v) is 6.03. The van der Waals surface area contributed by atoms with Crippen molar-refractivity contribution in [2.75, 3.05) is 5.32 Å². The first kappa shape index (κ1) is 21.3. The van der Waals surface area contributed by atoms with E-state index in [1.165, 1.54) is 16.9 Å². The average Bonchev–Trinajstić information content (AvgIpc) is 3.08. The first-order valence-electron chi connectivity index (χ1n) is 10.7. The lowest BCUT2D eigenvalue weighted by Gasteiger charge is -2.41. The number of carbonyl (C=O) groups is 2. The molecule has 0 saturated heterocycles.